The van der Waals surface area contributed by atoms with E-state index in [1.807, 2.05) is 0 Å². The molecular formula is C8H16O4. The molecule has 0 aliphatic rings. The third kappa shape index (κ3) is 4.31. The first-order valence-corrected chi connectivity index (χ1v) is 4.06. The van der Waals surface area contributed by atoms with E-state index in [-0.39, 0.29) is 24.9 Å². The number of hydrogen-bond donors (Lipinski definition) is 2. The van der Waals surface area contributed by atoms with Gasteiger partial charge in [0.2, 0.25) is 0 Å². The van der Waals surface area contributed by atoms with Gasteiger partial charge in [0.25, 0.3) is 0 Å². The van der Waals surface area contributed by atoms with Crippen LogP contribution < -0.4 is 0 Å². The van der Waals surface area contributed by atoms with Crippen LogP contribution in [0.4, 0.5) is 0 Å². The quantitative estimate of drug-likeness (QED) is 0.575. The molecule has 0 aromatic carbocycles. The second-order valence-electron chi connectivity index (χ2n) is 2.74. The topological polar surface area (TPSA) is 66.8 Å². The smallest absolute Gasteiger partial charge is 0.306 e. The molecular weight excluding hydrogens is 160 g/mol. The SMILES string of the molecule is CCOC(=O)CC(C)C(O)CO. The van der Waals surface area contributed by atoms with E-state index in [1.54, 1.807) is 13.8 Å². The minimum atomic E-state index is -0.839. The number of carbonyl (C=O) groups is 1. The van der Waals surface area contributed by atoms with Crippen molar-refractivity contribution >= 4 is 5.97 Å². The highest BCUT2D eigenvalue weighted by molar-refractivity contribution is 5.69. The minimum Gasteiger partial charge on any atom is -0.466 e. The van der Waals surface area contributed by atoms with Crippen LogP contribution in [0.25, 0.3) is 0 Å². The third-order valence-electron chi connectivity index (χ3n) is 1.64. The van der Waals surface area contributed by atoms with Gasteiger partial charge in [0, 0.05) is 0 Å². The van der Waals surface area contributed by atoms with Crippen molar-refractivity contribution in [3.63, 3.8) is 0 Å². The zero-order valence-electron chi connectivity index (χ0n) is 7.49. The Labute approximate surface area is 72.2 Å². The fraction of sp³-hybridized carbons (Fsp3) is 0.875. The lowest BCUT2D eigenvalue weighted by molar-refractivity contribution is -0.145. The van der Waals surface area contributed by atoms with Gasteiger partial charge < -0.3 is 14.9 Å². The Morgan fingerprint density at radius 2 is 2.17 bits per heavy atom. The lowest BCUT2D eigenvalue weighted by Gasteiger charge is -2.14. The molecule has 2 N–H and O–H groups in total. The standard InChI is InChI=1S/C8H16O4/c1-3-12-8(11)4-6(2)7(10)5-9/h6-7,9-10H,3-5H2,1-2H3. The molecule has 12 heavy (non-hydrogen) atoms. The summed E-state index contributed by atoms with van der Waals surface area (Å²) in [4.78, 5) is 10.9. The zero-order chi connectivity index (χ0) is 9.56. The molecule has 0 rings (SSSR count). The summed E-state index contributed by atoms with van der Waals surface area (Å²) in [6.45, 7) is 3.45. The average molecular weight is 176 g/mol. The fourth-order valence-corrected chi connectivity index (χ4v) is 0.799. The lowest BCUT2D eigenvalue weighted by atomic mass is 10.0. The third-order valence-corrected chi connectivity index (χ3v) is 1.64. The molecule has 0 bridgehead atoms. The van der Waals surface area contributed by atoms with E-state index in [2.05, 4.69) is 4.74 Å². The van der Waals surface area contributed by atoms with Crippen molar-refractivity contribution in [1.29, 1.82) is 0 Å². The predicted molar refractivity (Wildman–Crippen MR) is 43.5 cm³/mol. The van der Waals surface area contributed by atoms with E-state index in [4.69, 9.17) is 10.2 Å². The number of aliphatic hydroxyl groups is 2. The van der Waals surface area contributed by atoms with Gasteiger partial charge in [0.05, 0.1) is 25.7 Å². The molecule has 0 aliphatic heterocycles. The minimum absolute atomic E-state index is 0.148. The summed E-state index contributed by atoms with van der Waals surface area (Å²) in [5.74, 6) is -0.591. The van der Waals surface area contributed by atoms with Gasteiger partial charge in [-0.25, -0.2) is 0 Å². The fourth-order valence-electron chi connectivity index (χ4n) is 0.799. The van der Waals surface area contributed by atoms with Crippen molar-refractivity contribution in [2.75, 3.05) is 13.2 Å². The number of aliphatic hydroxyl groups excluding tert-OH is 2. The molecule has 0 amide bonds. The Hall–Kier alpha value is -0.610. The van der Waals surface area contributed by atoms with Crippen molar-refractivity contribution in [1.82, 2.24) is 0 Å². The normalized spacial score (nSPS) is 15.3. The second-order valence-corrected chi connectivity index (χ2v) is 2.74. The maximum absolute atomic E-state index is 10.9. The molecule has 4 nitrogen and oxygen atoms in total. The summed E-state index contributed by atoms with van der Waals surface area (Å²) in [6, 6.07) is 0. The van der Waals surface area contributed by atoms with Crippen LogP contribution in [0, 0.1) is 5.92 Å². The molecule has 0 aliphatic carbocycles. The van der Waals surface area contributed by atoms with Gasteiger partial charge in [-0.1, -0.05) is 6.92 Å². The van der Waals surface area contributed by atoms with Crippen LogP contribution in [0.15, 0.2) is 0 Å². The van der Waals surface area contributed by atoms with Crippen LogP contribution >= 0.6 is 0 Å². The van der Waals surface area contributed by atoms with E-state index >= 15 is 0 Å². The summed E-state index contributed by atoms with van der Waals surface area (Å²) in [7, 11) is 0. The molecule has 0 saturated heterocycles. The van der Waals surface area contributed by atoms with Crippen molar-refractivity contribution in [3.05, 3.63) is 0 Å². The van der Waals surface area contributed by atoms with E-state index < -0.39 is 6.10 Å². The van der Waals surface area contributed by atoms with Gasteiger partial charge in [0.1, 0.15) is 0 Å². The number of ether oxygens (including phenoxy) is 1. The second kappa shape index (κ2) is 5.97. The Balaban J connectivity index is 3.67. The molecule has 72 valence electrons. The Kier molecular flexibility index (Phi) is 5.66. The number of carbonyl (C=O) groups excluding carboxylic acids is 1. The van der Waals surface area contributed by atoms with Crippen LogP contribution in [0.1, 0.15) is 20.3 Å². The summed E-state index contributed by atoms with van der Waals surface area (Å²) in [5, 5.41) is 17.6. The lowest BCUT2D eigenvalue weighted by Crippen LogP contribution is -2.24. The highest BCUT2D eigenvalue weighted by atomic mass is 16.5. The van der Waals surface area contributed by atoms with Crippen LogP contribution in [0.3, 0.4) is 0 Å². The van der Waals surface area contributed by atoms with Gasteiger partial charge in [-0.05, 0) is 12.8 Å². The first-order valence-electron chi connectivity index (χ1n) is 4.06. The van der Waals surface area contributed by atoms with Gasteiger partial charge in [-0.2, -0.15) is 0 Å². The molecule has 0 aromatic rings. The maximum atomic E-state index is 10.9. The highest BCUT2D eigenvalue weighted by Gasteiger charge is 2.17. The monoisotopic (exact) mass is 176 g/mol. The van der Waals surface area contributed by atoms with Gasteiger partial charge in [-0.15, -0.1) is 0 Å². The van der Waals surface area contributed by atoms with Crippen LogP contribution in [-0.2, 0) is 9.53 Å². The Morgan fingerprint density at radius 3 is 2.58 bits per heavy atom. The van der Waals surface area contributed by atoms with Crippen molar-refractivity contribution in [3.8, 4) is 0 Å². The summed E-state index contributed by atoms with van der Waals surface area (Å²) >= 11 is 0. The maximum Gasteiger partial charge on any atom is 0.306 e. The van der Waals surface area contributed by atoms with E-state index in [0.717, 1.165) is 0 Å². The molecule has 0 aromatic heterocycles. The average Bonchev–Trinajstić information content (AvgIpc) is 2.03. The van der Waals surface area contributed by atoms with Gasteiger partial charge in [0.15, 0.2) is 0 Å². The molecule has 0 fully saturated rings. The van der Waals surface area contributed by atoms with Crippen LogP contribution in [-0.4, -0.2) is 35.5 Å². The summed E-state index contributed by atoms with van der Waals surface area (Å²) < 4.78 is 4.68. The molecule has 2 unspecified atom stereocenters. The van der Waals surface area contributed by atoms with Crippen molar-refractivity contribution in [2.24, 2.45) is 5.92 Å². The summed E-state index contributed by atoms with van der Waals surface area (Å²) in [5.41, 5.74) is 0. The summed E-state index contributed by atoms with van der Waals surface area (Å²) in [6.07, 6.45) is -0.690. The molecule has 0 heterocycles. The molecule has 4 heteroatoms. The Morgan fingerprint density at radius 1 is 1.58 bits per heavy atom. The molecule has 0 saturated carbocycles. The first kappa shape index (κ1) is 11.4. The molecule has 0 spiro atoms. The van der Waals surface area contributed by atoms with Crippen LogP contribution in [0.5, 0.6) is 0 Å². The predicted octanol–water partition coefficient (Wildman–Crippen LogP) is -0.0711. The molecule has 2 atom stereocenters. The van der Waals surface area contributed by atoms with E-state index in [9.17, 15) is 4.79 Å². The van der Waals surface area contributed by atoms with Gasteiger partial charge in [-0.3, -0.25) is 4.79 Å². The van der Waals surface area contributed by atoms with Gasteiger partial charge >= 0.3 is 5.97 Å². The van der Waals surface area contributed by atoms with Crippen molar-refractivity contribution in [2.45, 2.75) is 26.4 Å². The van der Waals surface area contributed by atoms with Crippen LogP contribution in [0.2, 0.25) is 0 Å². The number of rotatable bonds is 5. The Bertz CT molecular complexity index is 135. The number of esters is 1. The van der Waals surface area contributed by atoms with E-state index in [0.29, 0.717) is 6.61 Å². The highest BCUT2D eigenvalue weighted by Crippen LogP contribution is 2.08. The van der Waals surface area contributed by atoms with Crippen molar-refractivity contribution < 1.29 is 19.7 Å². The van der Waals surface area contributed by atoms with E-state index in [1.165, 1.54) is 0 Å². The largest absolute Gasteiger partial charge is 0.466 e. The molecule has 0 radical (unpaired) electrons. The first-order chi connectivity index (χ1) is 5.61. The zero-order valence-corrected chi connectivity index (χ0v) is 7.49. The number of hydrogen-bond acceptors (Lipinski definition) is 4.